The molecular formula is C23H27ClFN3O3. The summed E-state index contributed by atoms with van der Waals surface area (Å²) < 4.78 is 24.4. The molecule has 31 heavy (non-hydrogen) atoms. The zero-order chi connectivity index (χ0) is 21.8. The molecule has 0 unspecified atom stereocenters. The molecule has 2 aromatic rings. The number of methoxy groups -OCH3 is 1. The summed E-state index contributed by atoms with van der Waals surface area (Å²) in [4.78, 5) is 22.2. The van der Waals surface area contributed by atoms with Crippen LogP contribution >= 0.6 is 11.6 Å². The van der Waals surface area contributed by atoms with Gasteiger partial charge in [0.1, 0.15) is 11.6 Å². The van der Waals surface area contributed by atoms with Crippen molar-refractivity contribution in [2.24, 2.45) is 17.8 Å². The normalized spacial score (nSPS) is 21.1. The van der Waals surface area contributed by atoms with Crippen LogP contribution in [0.15, 0.2) is 30.6 Å². The van der Waals surface area contributed by atoms with Gasteiger partial charge in [0, 0.05) is 19.2 Å². The minimum Gasteiger partial charge on any atom is -0.493 e. The molecule has 0 amide bonds. The van der Waals surface area contributed by atoms with Gasteiger partial charge in [-0.05, 0) is 55.1 Å². The van der Waals surface area contributed by atoms with Gasteiger partial charge in [-0.1, -0.05) is 17.7 Å². The second-order valence-electron chi connectivity index (χ2n) is 8.33. The van der Waals surface area contributed by atoms with Crippen LogP contribution in [0.4, 0.5) is 10.3 Å². The quantitative estimate of drug-likeness (QED) is 0.562. The van der Waals surface area contributed by atoms with Gasteiger partial charge in [0.05, 0.1) is 37.6 Å². The first-order chi connectivity index (χ1) is 15.0. The number of hydrogen-bond donors (Lipinski definition) is 0. The fraction of sp³-hybridized carbons (Fsp3) is 0.522. The summed E-state index contributed by atoms with van der Waals surface area (Å²) in [6.07, 6.45) is 7.75. The van der Waals surface area contributed by atoms with Crippen molar-refractivity contribution in [3.63, 3.8) is 0 Å². The van der Waals surface area contributed by atoms with Crippen LogP contribution in [0.5, 0.6) is 5.75 Å². The van der Waals surface area contributed by atoms with Crippen LogP contribution in [-0.4, -0.2) is 42.7 Å². The highest BCUT2D eigenvalue weighted by molar-refractivity contribution is 6.30. The van der Waals surface area contributed by atoms with Gasteiger partial charge in [0.25, 0.3) is 0 Å². The molecule has 8 heteroatoms. The van der Waals surface area contributed by atoms with E-state index < -0.39 is 11.8 Å². The second-order valence-corrected chi connectivity index (χ2v) is 8.77. The van der Waals surface area contributed by atoms with E-state index >= 15 is 0 Å². The minimum absolute atomic E-state index is 0.0741. The van der Waals surface area contributed by atoms with Crippen LogP contribution in [0.1, 0.15) is 31.2 Å². The Morgan fingerprint density at radius 1 is 1.26 bits per heavy atom. The van der Waals surface area contributed by atoms with Gasteiger partial charge < -0.3 is 14.4 Å². The summed E-state index contributed by atoms with van der Waals surface area (Å²) in [5, 5.41) is 0.557. The molecule has 4 rings (SSSR count). The molecule has 1 aliphatic heterocycles. The van der Waals surface area contributed by atoms with Crippen LogP contribution in [0.2, 0.25) is 5.02 Å². The van der Waals surface area contributed by atoms with Gasteiger partial charge in [-0.3, -0.25) is 4.79 Å². The van der Waals surface area contributed by atoms with Gasteiger partial charge >= 0.3 is 5.97 Å². The molecule has 2 aliphatic rings. The highest BCUT2D eigenvalue weighted by atomic mass is 35.5. The maximum absolute atomic E-state index is 14.1. The molecule has 0 radical (unpaired) electrons. The lowest BCUT2D eigenvalue weighted by molar-refractivity contribution is -0.139. The van der Waals surface area contributed by atoms with E-state index in [-0.39, 0.29) is 6.42 Å². The summed E-state index contributed by atoms with van der Waals surface area (Å²) in [5.41, 5.74) is 0.316. The predicted molar refractivity (Wildman–Crippen MR) is 116 cm³/mol. The number of ether oxygens (including phenoxy) is 2. The third-order valence-corrected chi connectivity index (χ3v) is 6.55. The SMILES string of the molecule is COC(=O)Cc1ccc(OCC[C@H]2C[C@H]2C2CCN(c3ncc(Cl)cn3)CC2)cc1F. The number of hydrogen-bond acceptors (Lipinski definition) is 6. The number of rotatable bonds is 8. The Bertz CT molecular complexity index is 903. The molecule has 1 saturated carbocycles. The van der Waals surface area contributed by atoms with Crippen molar-refractivity contribution in [3.05, 3.63) is 47.0 Å². The van der Waals surface area contributed by atoms with Crippen LogP contribution in [-0.2, 0) is 16.0 Å². The van der Waals surface area contributed by atoms with Crippen LogP contribution in [0.25, 0.3) is 0 Å². The second kappa shape index (κ2) is 9.81. The number of carbonyl (C=O) groups excluding carboxylic acids is 1. The Morgan fingerprint density at radius 3 is 2.68 bits per heavy atom. The number of nitrogens with zero attached hydrogens (tertiary/aromatic N) is 3. The average Bonchev–Trinajstić information content (AvgIpc) is 3.56. The monoisotopic (exact) mass is 447 g/mol. The van der Waals surface area contributed by atoms with Crippen molar-refractivity contribution in [2.45, 2.75) is 32.1 Å². The average molecular weight is 448 g/mol. The topological polar surface area (TPSA) is 64.6 Å². The minimum atomic E-state index is -0.459. The molecule has 1 aliphatic carbocycles. The van der Waals surface area contributed by atoms with E-state index in [2.05, 4.69) is 19.6 Å². The molecular weight excluding hydrogens is 421 g/mol. The third-order valence-electron chi connectivity index (χ3n) is 6.36. The van der Waals surface area contributed by atoms with Crippen molar-refractivity contribution in [1.82, 2.24) is 9.97 Å². The van der Waals surface area contributed by atoms with E-state index in [1.807, 2.05) is 0 Å². The van der Waals surface area contributed by atoms with E-state index in [1.165, 1.54) is 19.6 Å². The molecule has 0 N–H and O–H groups in total. The summed E-state index contributed by atoms with van der Waals surface area (Å²) in [5.74, 6) is 2.54. The molecule has 6 nitrogen and oxygen atoms in total. The number of benzene rings is 1. The van der Waals surface area contributed by atoms with Gasteiger partial charge in [-0.15, -0.1) is 0 Å². The number of halogens is 2. The van der Waals surface area contributed by atoms with Crippen LogP contribution in [0, 0.1) is 23.6 Å². The fourth-order valence-electron chi connectivity index (χ4n) is 4.49. The Balaban J connectivity index is 1.17. The predicted octanol–water partition coefficient (Wildman–Crippen LogP) is 4.31. The van der Waals surface area contributed by atoms with Crippen LogP contribution in [0.3, 0.4) is 0 Å². The van der Waals surface area contributed by atoms with Gasteiger partial charge in [0.2, 0.25) is 5.95 Å². The van der Waals surface area contributed by atoms with E-state index in [4.69, 9.17) is 16.3 Å². The lowest BCUT2D eigenvalue weighted by atomic mass is 9.90. The van der Waals surface area contributed by atoms with Gasteiger partial charge in [-0.2, -0.15) is 0 Å². The molecule has 1 aromatic carbocycles. The molecule has 2 fully saturated rings. The molecule has 1 aromatic heterocycles. The first-order valence-electron chi connectivity index (χ1n) is 10.7. The third kappa shape index (κ3) is 5.64. The standard InChI is InChI=1S/C23H27ClFN3O3/c1-30-22(29)11-17-2-3-19(12-21(17)25)31-9-6-16-10-20(16)15-4-7-28(8-5-15)23-26-13-18(24)14-27-23/h2-3,12-16,20H,4-11H2,1H3/t16-,20-/m0/s1. The molecule has 2 atom stereocenters. The largest absolute Gasteiger partial charge is 0.493 e. The maximum atomic E-state index is 14.1. The summed E-state index contributed by atoms with van der Waals surface area (Å²) in [6, 6.07) is 4.64. The van der Waals surface area contributed by atoms with E-state index in [1.54, 1.807) is 24.5 Å². The number of aromatic nitrogens is 2. The lowest BCUT2D eigenvalue weighted by Crippen LogP contribution is -2.35. The maximum Gasteiger partial charge on any atom is 0.310 e. The van der Waals surface area contributed by atoms with Crippen molar-refractivity contribution in [1.29, 1.82) is 0 Å². The first-order valence-corrected chi connectivity index (χ1v) is 11.1. The summed E-state index contributed by atoms with van der Waals surface area (Å²) >= 11 is 5.87. The highest BCUT2D eigenvalue weighted by Gasteiger charge is 2.43. The molecule has 1 saturated heterocycles. The smallest absolute Gasteiger partial charge is 0.310 e. The van der Waals surface area contributed by atoms with Crippen molar-refractivity contribution >= 4 is 23.5 Å². The Morgan fingerprint density at radius 2 is 2.00 bits per heavy atom. The highest BCUT2D eigenvalue weighted by Crippen LogP contribution is 2.49. The molecule has 0 bridgehead atoms. The number of carbonyl (C=O) groups is 1. The zero-order valence-electron chi connectivity index (χ0n) is 17.6. The molecule has 166 valence electrons. The number of esters is 1. The number of anilines is 1. The molecule has 0 spiro atoms. The van der Waals surface area contributed by atoms with Gasteiger partial charge in [0.15, 0.2) is 0 Å². The van der Waals surface area contributed by atoms with E-state index in [0.717, 1.165) is 50.1 Å². The van der Waals surface area contributed by atoms with Crippen molar-refractivity contribution < 1.29 is 18.7 Å². The summed E-state index contributed by atoms with van der Waals surface area (Å²) in [6.45, 7) is 2.53. The summed E-state index contributed by atoms with van der Waals surface area (Å²) in [7, 11) is 1.29. The van der Waals surface area contributed by atoms with E-state index in [9.17, 15) is 9.18 Å². The fourth-order valence-corrected chi connectivity index (χ4v) is 4.59. The van der Waals surface area contributed by atoms with Crippen molar-refractivity contribution in [2.75, 3.05) is 31.7 Å². The van der Waals surface area contributed by atoms with Gasteiger partial charge in [-0.25, -0.2) is 14.4 Å². The Labute approximate surface area is 186 Å². The molecule has 2 heterocycles. The number of piperidine rings is 1. The zero-order valence-corrected chi connectivity index (χ0v) is 18.4. The van der Waals surface area contributed by atoms with Crippen LogP contribution < -0.4 is 9.64 Å². The Hall–Kier alpha value is -2.41. The first kappa shape index (κ1) is 21.8. The Kier molecular flexibility index (Phi) is 6.90. The van der Waals surface area contributed by atoms with Crippen molar-refractivity contribution in [3.8, 4) is 5.75 Å². The van der Waals surface area contributed by atoms with E-state index in [0.29, 0.717) is 28.9 Å². The lowest BCUT2D eigenvalue weighted by Gasteiger charge is -2.32.